The van der Waals surface area contributed by atoms with E-state index in [2.05, 4.69) is 13.0 Å². The van der Waals surface area contributed by atoms with Gasteiger partial charge >= 0.3 is 0 Å². The van der Waals surface area contributed by atoms with Crippen molar-refractivity contribution in [3.8, 4) is 11.8 Å². The summed E-state index contributed by atoms with van der Waals surface area (Å²) >= 11 is 0. The molecule has 0 amide bonds. The Bertz CT molecular complexity index is 413. The molecule has 0 spiro atoms. The quantitative estimate of drug-likeness (QED) is 0.737. The highest BCUT2D eigenvalue weighted by molar-refractivity contribution is 5.44. The van der Waals surface area contributed by atoms with Gasteiger partial charge in [-0.2, -0.15) is 5.26 Å². The van der Waals surface area contributed by atoms with Crippen LogP contribution < -0.4 is 4.74 Å². The number of hydrogen-bond acceptors (Lipinski definition) is 2. The summed E-state index contributed by atoms with van der Waals surface area (Å²) in [6, 6.07) is 8.46. The third-order valence-electron chi connectivity index (χ3n) is 3.37. The van der Waals surface area contributed by atoms with Crippen molar-refractivity contribution in [2.75, 3.05) is 7.11 Å². The first-order valence-corrected chi connectivity index (χ1v) is 5.28. The maximum atomic E-state index is 9.26. The molecule has 1 aliphatic rings. The molecule has 0 atom stereocenters. The van der Waals surface area contributed by atoms with E-state index in [0.717, 1.165) is 24.2 Å². The average Bonchev–Trinajstić information content (AvgIpc) is 2.19. The molecule has 2 heteroatoms. The second-order valence-electron chi connectivity index (χ2n) is 4.23. The van der Waals surface area contributed by atoms with Gasteiger partial charge in [0.05, 0.1) is 18.6 Å². The lowest BCUT2D eigenvalue weighted by molar-refractivity contribution is 0.322. The van der Waals surface area contributed by atoms with Gasteiger partial charge in [0.25, 0.3) is 0 Å². The van der Waals surface area contributed by atoms with Crippen molar-refractivity contribution in [2.24, 2.45) is 0 Å². The van der Waals surface area contributed by atoms with Gasteiger partial charge < -0.3 is 4.74 Å². The molecule has 1 fully saturated rings. The molecular formula is C13H15NO. The molecule has 1 saturated carbocycles. The second kappa shape index (κ2) is 3.58. The van der Waals surface area contributed by atoms with Crippen LogP contribution in [0.2, 0.25) is 0 Å². The fourth-order valence-corrected chi connectivity index (χ4v) is 2.27. The molecule has 1 aliphatic carbocycles. The minimum absolute atomic E-state index is 0.212. The van der Waals surface area contributed by atoms with Crippen molar-refractivity contribution in [1.29, 1.82) is 5.26 Å². The van der Waals surface area contributed by atoms with Crippen molar-refractivity contribution in [3.63, 3.8) is 0 Å². The van der Waals surface area contributed by atoms with Crippen LogP contribution in [0.15, 0.2) is 18.2 Å². The van der Waals surface area contributed by atoms with E-state index in [0.29, 0.717) is 0 Å². The molecule has 0 aromatic heterocycles. The van der Waals surface area contributed by atoms with Gasteiger partial charge in [-0.1, -0.05) is 6.07 Å². The SMILES string of the molecule is COc1ccc(C2(C#N)CCC2)c(C)c1. The standard InChI is InChI=1S/C13H15NO/c1-10-8-11(15-2)4-5-12(10)13(9-14)6-3-7-13/h4-5,8H,3,6-7H2,1-2H3. The zero-order valence-corrected chi connectivity index (χ0v) is 9.21. The summed E-state index contributed by atoms with van der Waals surface area (Å²) in [5, 5.41) is 9.26. The number of nitrogens with zero attached hydrogens (tertiary/aromatic N) is 1. The monoisotopic (exact) mass is 201 g/mol. The molecule has 2 rings (SSSR count). The molecule has 0 bridgehead atoms. The van der Waals surface area contributed by atoms with Crippen LogP contribution in [0.1, 0.15) is 30.4 Å². The molecule has 0 aliphatic heterocycles. The van der Waals surface area contributed by atoms with Gasteiger partial charge in [-0.3, -0.25) is 0 Å². The van der Waals surface area contributed by atoms with Gasteiger partial charge in [0.1, 0.15) is 5.75 Å². The third-order valence-corrected chi connectivity index (χ3v) is 3.37. The summed E-state index contributed by atoms with van der Waals surface area (Å²) in [6.45, 7) is 2.05. The molecular weight excluding hydrogens is 186 g/mol. The zero-order chi connectivity index (χ0) is 10.9. The Morgan fingerprint density at radius 3 is 2.53 bits per heavy atom. The number of nitriles is 1. The predicted octanol–water partition coefficient (Wildman–Crippen LogP) is 2.95. The van der Waals surface area contributed by atoms with Crippen molar-refractivity contribution in [3.05, 3.63) is 29.3 Å². The molecule has 78 valence electrons. The smallest absolute Gasteiger partial charge is 0.119 e. The molecule has 1 aromatic carbocycles. The van der Waals surface area contributed by atoms with Crippen molar-refractivity contribution in [2.45, 2.75) is 31.6 Å². The van der Waals surface area contributed by atoms with Gasteiger partial charge in [0.15, 0.2) is 0 Å². The third kappa shape index (κ3) is 1.48. The molecule has 1 aromatic rings. The number of rotatable bonds is 2. The fraction of sp³-hybridized carbons (Fsp3) is 0.462. The Morgan fingerprint density at radius 2 is 2.13 bits per heavy atom. The highest BCUT2D eigenvalue weighted by atomic mass is 16.5. The van der Waals surface area contributed by atoms with Gasteiger partial charge in [-0.05, 0) is 49.4 Å². The lowest BCUT2D eigenvalue weighted by Gasteiger charge is -2.36. The van der Waals surface area contributed by atoms with Gasteiger partial charge in [-0.25, -0.2) is 0 Å². The molecule has 15 heavy (non-hydrogen) atoms. The Labute approximate surface area is 90.5 Å². The minimum atomic E-state index is -0.212. The molecule has 0 N–H and O–H groups in total. The maximum absolute atomic E-state index is 9.26. The molecule has 0 heterocycles. The van der Waals surface area contributed by atoms with Crippen LogP contribution in [-0.4, -0.2) is 7.11 Å². The van der Waals surface area contributed by atoms with E-state index in [4.69, 9.17) is 4.74 Å². The Kier molecular flexibility index (Phi) is 2.40. The summed E-state index contributed by atoms with van der Waals surface area (Å²) in [4.78, 5) is 0. The minimum Gasteiger partial charge on any atom is -0.497 e. The van der Waals surface area contributed by atoms with Crippen LogP contribution in [0, 0.1) is 18.3 Å². The molecule has 0 saturated heterocycles. The van der Waals surface area contributed by atoms with Crippen LogP contribution in [0.25, 0.3) is 0 Å². The van der Waals surface area contributed by atoms with Crippen LogP contribution in [0.5, 0.6) is 5.75 Å². The highest BCUT2D eigenvalue weighted by Crippen LogP contribution is 2.44. The van der Waals surface area contributed by atoms with Gasteiger partial charge in [0.2, 0.25) is 0 Å². The molecule has 0 radical (unpaired) electrons. The summed E-state index contributed by atoms with van der Waals surface area (Å²) in [7, 11) is 1.66. The van der Waals surface area contributed by atoms with E-state index in [1.165, 1.54) is 12.0 Å². The van der Waals surface area contributed by atoms with Crippen LogP contribution in [-0.2, 0) is 5.41 Å². The van der Waals surface area contributed by atoms with Crippen LogP contribution in [0.3, 0.4) is 0 Å². The number of benzene rings is 1. The lowest BCUT2D eigenvalue weighted by atomic mass is 9.64. The van der Waals surface area contributed by atoms with E-state index in [1.54, 1.807) is 7.11 Å². The summed E-state index contributed by atoms with van der Waals surface area (Å²) < 4.78 is 5.17. The Morgan fingerprint density at radius 1 is 1.40 bits per heavy atom. The number of ether oxygens (including phenoxy) is 1. The first kappa shape index (κ1) is 10.0. The van der Waals surface area contributed by atoms with Crippen LogP contribution in [0.4, 0.5) is 0 Å². The summed E-state index contributed by atoms with van der Waals surface area (Å²) in [5.41, 5.74) is 2.13. The number of methoxy groups -OCH3 is 1. The van der Waals surface area contributed by atoms with Gasteiger partial charge in [-0.15, -0.1) is 0 Å². The maximum Gasteiger partial charge on any atom is 0.119 e. The van der Waals surface area contributed by atoms with Gasteiger partial charge in [0, 0.05) is 0 Å². The summed E-state index contributed by atoms with van der Waals surface area (Å²) in [6.07, 6.45) is 3.16. The lowest BCUT2D eigenvalue weighted by Crippen LogP contribution is -2.33. The predicted molar refractivity (Wildman–Crippen MR) is 58.9 cm³/mol. The van der Waals surface area contributed by atoms with Crippen LogP contribution >= 0.6 is 0 Å². The van der Waals surface area contributed by atoms with E-state index in [1.807, 2.05) is 18.2 Å². The topological polar surface area (TPSA) is 33.0 Å². The van der Waals surface area contributed by atoms with Crippen molar-refractivity contribution in [1.82, 2.24) is 0 Å². The number of hydrogen-bond donors (Lipinski definition) is 0. The summed E-state index contributed by atoms with van der Waals surface area (Å²) in [5.74, 6) is 0.865. The van der Waals surface area contributed by atoms with Crippen molar-refractivity contribution < 1.29 is 4.74 Å². The zero-order valence-electron chi connectivity index (χ0n) is 9.21. The first-order valence-electron chi connectivity index (χ1n) is 5.28. The van der Waals surface area contributed by atoms with E-state index in [9.17, 15) is 5.26 Å². The normalized spacial score (nSPS) is 17.7. The Hall–Kier alpha value is -1.49. The Balaban J connectivity index is 2.41. The first-order chi connectivity index (χ1) is 7.22. The number of aryl methyl sites for hydroxylation is 1. The molecule has 0 unspecified atom stereocenters. The second-order valence-corrected chi connectivity index (χ2v) is 4.23. The van der Waals surface area contributed by atoms with E-state index >= 15 is 0 Å². The molecule has 2 nitrogen and oxygen atoms in total. The van der Waals surface area contributed by atoms with Crippen molar-refractivity contribution >= 4 is 0 Å². The van der Waals surface area contributed by atoms with E-state index < -0.39 is 0 Å². The van der Waals surface area contributed by atoms with E-state index in [-0.39, 0.29) is 5.41 Å². The largest absolute Gasteiger partial charge is 0.497 e. The average molecular weight is 201 g/mol. The fourth-order valence-electron chi connectivity index (χ4n) is 2.27. The highest BCUT2D eigenvalue weighted by Gasteiger charge is 2.39.